The lowest BCUT2D eigenvalue weighted by Gasteiger charge is -2.32. The quantitative estimate of drug-likeness (QED) is 0.748. The van der Waals surface area contributed by atoms with E-state index < -0.39 is 0 Å². The maximum Gasteiger partial charge on any atom is 0.253 e. The van der Waals surface area contributed by atoms with Crippen LogP contribution in [0.4, 0.5) is 0 Å². The van der Waals surface area contributed by atoms with Gasteiger partial charge in [-0.1, -0.05) is 19.9 Å². The lowest BCUT2D eigenvalue weighted by Crippen LogP contribution is -2.45. The molecular weight excluding hydrogens is 386 g/mol. The van der Waals surface area contributed by atoms with E-state index >= 15 is 0 Å². The van der Waals surface area contributed by atoms with Crippen LogP contribution in [0.2, 0.25) is 0 Å². The van der Waals surface area contributed by atoms with Crippen molar-refractivity contribution in [1.29, 1.82) is 0 Å². The van der Waals surface area contributed by atoms with Crippen LogP contribution < -0.4 is 10.1 Å². The molecule has 1 N–H and O–H groups in total. The number of benzene rings is 1. The summed E-state index contributed by atoms with van der Waals surface area (Å²) >= 11 is 1.53. The van der Waals surface area contributed by atoms with Gasteiger partial charge in [-0.05, 0) is 43.9 Å². The van der Waals surface area contributed by atoms with E-state index in [0.29, 0.717) is 49.8 Å². The molecule has 2 aromatic rings. The van der Waals surface area contributed by atoms with Crippen LogP contribution in [0.1, 0.15) is 49.7 Å². The van der Waals surface area contributed by atoms with Crippen LogP contribution in [-0.2, 0) is 11.4 Å². The topological polar surface area (TPSA) is 71.5 Å². The first kappa shape index (κ1) is 21.3. The first-order valence-electron chi connectivity index (χ1n) is 10.1. The van der Waals surface area contributed by atoms with Crippen molar-refractivity contribution in [3.8, 4) is 5.75 Å². The summed E-state index contributed by atoms with van der Waals surface area (Å²) in [6, 6.07) is 7.42. The second kappa shape index (κ2) is 9.87. The average molecular weight is 416 g/mol. The highest BCUT2D eigenvalue weighted by Gasteiger charge is 2.28. The van der Waals surface area contributed by atoms with Gasteiger partial charge in [-0.25, -0.2) is 4.98 Å². The maximum atomic E-state index is 12.9. The lowest BCUT2D eigenvalue weighted by atomic mass is 9.94. The third-order valence-corrected chi connectivity index (χ3v) is 6.11. The molecule has 1 aromatic heterocycles. The molecule has 2 amide bonds. The molecule has 156 valence electrons. The Labute approximate surface area is 176 Å². The number of hydrogen-bond acceptors (Lipinski definition) is 5. The van der Waals surface area contributed by atoms with E-state index in [2.05, 4.69) is 24.1 Å². The number of thiazole rings is 1. The summed E-state index contributed by atoms with van der Waals surface area (Å²) in [4.78, 5) is 31.4. The summed E-state index contributed by atoms with van der Waals surface area (Å²) in [5.74, 6) is 1.13. The smallest absolute Gasteiger partial charge is 0.253 e. The number of amides is 2. The second-order valence-electron chi connectivity index (χ2n) is 7.90. The van der Waals surface area contributed by atoms with Crippen LogP contribution in [0.25, 0.3) is 0 Å². The number of nitrogens with zero attached hydrogens (tertiary/aromatic N) is 2. The van der Waals surface area contributed by atoms with Crippen LogP contribution in [-0.4, -0.2) is 40.8 Å². The number of hydrogen-bond donors (Lipinski definition) is 1. The molecule has 1 aliphatic heterocycles. The molecule has 0 aliphatic carbocycles. The van der Waals surface area contributed by atoms with Crippen molar-refractivity contribution in [2.45, 2.75) is 46.3 Å². The highest BCUT2D eigenvalue weighted by molar-refractivity contribution is 7.07. The third-order valence-electron chi connectivity index (χ3n) is 5.47. The zero-order chi connectivity index (χ0) is 20.8. The number of piperidine rings is 1. The molecule has 3 rings (SSSR count). The fourth-order valence-electron chi connectivity index (χ4n) is 3.22. The predicted molar refractivity (Wildman–Crippen MR) is 114 cm³/mol. The first-order chi connectivity index (χ1) is 13.9. The van der Waals surface area contributed by atoms with Crippen LogP contribution in [0.15, 0.2) is 35.2 Å². The molecule has 1 atom stereocenters. The number of carbonyl (C=O) groups is 2. The summed E-state index contributed by atoms with van der Waals surface area (Å²) in [5.41, 5.74) is 3.25. The molecule has 7 heteroatoms. The first-order valence-corrected chi connectivity index (χ1v) is 11.1. The van der Waals surface area contributed by atoms with E-state index in [1.54, 1.807) is 17.6 Å². The molecule has 0 bridgehead atoms. The zero-order valence-corrected chi connectivity index (χ0v) is 18.1. The highest BCUT2D eigenvalue weighted by Crippen LogP contribution is 2.22. The van der Waals surface area contributed by atoms with Gasteiger partial charge in [-0.15, -0.1) is 11.3 Å². The van der Waals surface area contributed by atoms with Gasteiger partial charge in [-0.3, -0.25) is 9.59 Å². The average Bonchev–Trinajstić information content (AvgIpc) is 3.25. The van der Waals surface area contributed by atoms with Gasteiger partial charge < -0.3 is 15.0 Å². The Kier molecular flexibility index (Phi) is 7.25. The van der Waals surface area contributed by atoms with Crippen molar-refractivity contribution in [3.05, 3.63) is 46.4 Å². The lowest BCUT2D eigenvalue weighted by molar-refractivity contribution is -0.127. The van der Waals surface area contributed by atoms with Gasteiger partial charge in [0.1, 0.15) is 12.4 Å². The van der Waals surface area contributed by atoms with Gasteiger partial charge in [0.2, 0.25) is 5.91 Å². The van der Waals surface area contributed by atoms with E-state index in [0.717, 1.165) is 5.69 Å². The molecule has 1 aromatic carbocycles. The predicted octanol–water partition coefficient (Wildman–Crippen LogP) is 3.74. The number of ether oxygens (including phenoxy) is 1. The van der Waals surface area contributed by atoms with Crippen LogP contribution >= 0.6 is 11.3 Å². The standard InChI is InChI=1S/C22H29N3O3S/c1-15(2)16(3)24-21(26)17-7-9-25(10-8-17)22(27)18-5-4-6-20(11-18)28-12-19-13-29-14-23-19/h4-6,11,13-17H,7-10,12H2,1-3H3,(H,24,26). The van der Waals surface area contributed by atoms with Crippen LogP contribution in [0.5, 0.6) is 5.75 Å². The van der Waals surface area contributed by atoms with Gasteiger partial charge in [0.25, 0.3) is 5.91 Å². The van der Waals surface area contributed by atoms with Crippen LogP contribution in [0, 0.1) is 11.8 Å². The number of rotatable bonds is 7. The Morgan fingerprint density at radius 3 is 2.69 bits per heavy atom. The summed E-state index contributed by atoms with van der Waals surface area (Å²) in [7, 11) is 0. The Hall–Kier alpha value is -2.41. The summed E-state index contributed by atoms with van der Waals surface area (Å²) < 4.78 is 5.75. The molecule has 2 heterocycles. The Bertz CT molecular complexity index is 814. The molecule has 6 nitrogen and oxygen atoms in total. The van der Waals surface area contributed by atoms with E-state index in [4.69, 9.17) is 4.74 Å². The summed E-state index contributed by atoms with van der Waals surface area (Å²) in [6.07, 6.45) is 1.39. The minimum absolute atomic E-state index is 0.0153. The highest BCUT2D eigenvalue weighted by atomic mass is 32.1. The van der Waals surface area contributed by atoms with Crippen molar-refractivity contribution in [2.75, 3.05) is 13.1 Å². The van der Waals surface area contributed by atoms with Crippen molar-refractivity contribution in [3.63, 3.8) is 0 Å². The molecule has 0 saturated carbocycles. The van der Waals surface area contributed by atoms with Gasteiger partial charge >= 0.3 is 0 Å². The van der Waals surface area contributed by atoms with E-state index in [1.165, 1.54) is 11.3 Å². The third kappa shape index (κ3) is 5.79. The van der Waals surface area contributed by atoms with Gasteiger partial charge in [0.05, 0.1) is 11.2 Å². The zero-order valence-electron chi connectivity index (χ0n) is 17.3. The van der Waals surface area contributed by atoms with Crippen molar-refractivity contribution < 1.29 is 14.3 Å². The van der Waals surface area contributed by atoms with Crippen molar-refractivity contribution in [1.82, 2.24) is 15.2 Å². The fraction of sp³-hybridized carbons (Fsp3) is 0.500. The largest absolute Gasteiger partial charge is 0.487 e. The molecule has 0 radical (unpaired) electrons. The molecule has 1 saturated heterocycles. The minimum atomic E-state index is -0.0203. The molecule has 1 fully saturated rings. The summed E-state index contributed by atoms with van der Waals surface area (Å²) in [6.45, 7) is 7.80. The van der Waals surface area contributed by atoms with Gasteiger partial charge in [-0.2, -0.15) is 0 Å². The molecular formula is C22H29N3O3S. The van der Waals surface area contributed by atoms with E-state index in [-0.39, 0.29) is 23.8 Å². The molecule has 1 unspecified atom stereocenters. The molecule has 1 aliphatic rings. The minimum Gasteiger partial charge on any atom is -0.487 e. The Morgan fingerprint density at radius 1 is 1.28 bits per heavy atom. The number of likely N-dealkylation sites (tertiary alicyclic amines) is 1. The Morgan fingerprint density at radius 2 is 2.03 bits per heavy atom. The monoisotopic (exact) mass is 415 g/mol. The number of aromatic nitrogens is 1. The van der Waals surface area contributed by atoms with Crippen LogP contribution in [0.3, 0.4) is 0 Å². The second-order valence-corrected chi connectivity index (χ2v) is 8.62. The van der Waals surface area contributed by atoms with Gasteiger partial charge in [0, 0.05) is 36.0 Å². The van der Waals surface area contributed by atoms with Crippen molar-refractivity contribution in [2.24, 2.45) is 11.8 Å². The Balaban J connectivity index is 1.52. The SMILES string of the molecule is CC(C)C(C)NC(=O)C1CCN(C(=O)c2cccc(OCc3cscn3)c2)CC1. The van der Waals surface area contributed by atoms with Crippen molar-refractivity contribution >= 4 is 23.2 Å². The van der Waals surface area contributed by atoms with E-state index in [9.17, 15) is 9.59 Å². The van der Waals surface area contributed by atoms with Gasteiger partial charge in [0.15, 0.2) is 0 Å². The fourth-order valence-corrected chi connectivity index (χ4v) is 3.76. The normalized spacial score (nSPS) is 15.9. The molecule has 29 heavy (non-hydrogen) atoms. The number of nitrogens with one attached hydrogen (secondary N) is 1. The maximum absolute atomic E-state index is 12.9. The summed E-state index contributed by atoms with van der Waals surface area (Å²) in [5, 5.41) is 5.04. The van der Waals surface area contributed by atoms with E-state index in [1.807, 2.05) is 29.3 Å². The number of carbonyl (C=O) groups excluding carboxylic acids is 2. The molecule has 0 spiro atoms.